The summed E-state index contributed by atoms with van der Waals surface area (Å²) >= 11 is 4.95. The van der Waals surface area contributed by atoms with Crippen LogP contribution >= 0.6 is 11.6 Å². The van der Waals surface area contributed by atoms with Gasteiger partial charge in [0.1, 0.15) is 0 Å². The van der Waals surface area contributed by atoms with Crippen LogP contribution in [0.4, 0.5) is 0 Å². The summed E-state index contributed by atoms with van der Waals surface area (Å²) in [6.45, 7) is 0. The van der Waals surface area contributed by atoms with E-state index < -0.39 is 11.2 Å². The first-order chi connectivity index (χ1) is 4.20. The lowest BCUT2D eigenvalue weighted by molar-refractivity contribution is -0.140. The summed E-state index contributed by atoms with van der Waals surface area (Å²) < 4.78 is 0. The number of carbonyl (C=O) groups excluding carboxylic acids is 2. The van der Waals surface area contributed by atoms with Gasteiger partial charge in [0.25, 0.3) is 5.24 Å². The van der Waals surface area contributed by atoms with E-state index in [9.17, 15) is 9.59 Å². The van der Waals surface area contributed by atoms with Crippen LogP contribution in [0.5, 0.6) is 0 Å². The molecule has 9 heavy (non-hydrogen) atoms. The Morgan fingerprint density at radius 3 is 2.67 bits per heavy atom. The van der Waals surface area contributed by atoms with Gasteiger partial charge in [0, 0.05) is 0 Å². The molecule has 5 heteroatoms. The topological polar surface area (TPSA) is 55.7 Å². The van der Waals surface area contributed by atoms with E-state index in [0.717, 1.165) is 0 Å². The fourth-order valence-corrected chi connectivity index (χ4v) is 0.514. The van der Waals surface area contributed by atoms with Crippen molar-refractivity contribution in [3.8, 4) is 0 Å². The molecule has 0 fully saturated rings. The summed E-state index contributed by atoms with van der Waals surface area (Å²) in [6, 6.07) is 0. The van der Waals surface area contributed by atoms with Gasteiger partial charge < -0.3 is 4.84 Å². The summed E-state index contributed by atoms with van der Waals surface area (Å²) in [4.78, 5) is 24.5. The summed E-state index contributed by atoms with van der Waals surface area (Å²) in [5.41, 5.74) is -0.0262. The lowest BCUT2D eigenvalue weighted by Crippen LogP contribution is -2.05. The van der Waals surface area contributed by atoms with Gasteiger partial charge in [-0.25, -0.2) is 4.79 Å². The zero-order valence-electron chi connectivity index (χ0n) is 4.26. The van der Waals surface area contributed by atoms with E-state index in [2.05, 4.69) is 9.99 Å². The van der Waals surface area contributed by atoms with Crippen molar-refractivity contribution >= 4 is 28.5 Å². The van der Waals surface area contributed by atoms with Crippen molar-refractivity contribution < 1.29 is 14.4 Å². The second kappa shape index (κ2) is 2.14. The Morgan fingerprint density at radius 1 is 1.78 bits per heavy atom. The van der Waals surface area contributed by atoms with Gasteiger partial charge in [0.05, 0.1) is 6.42 Å². The summed E-state index contributed by atoms with van der Waals surface area (Å²) in [7, 11) is 0. The number of oxime groups is 1. The molecule has 4 nitrogen and oxygen atoms in total. The van der Waals surface area contributed by atoms with Crippen LogP contribution < -0.4 is 0 Å². The first-order valence-electron chi connectivity index (χ1n) is 2.16. The van der Waals surface area contributed by atoms with Crippen LogP contribution in [0.15, 0.2) is 5.16 Å². The molecule has 0 aromatic rings. The highest BCUT2D eigenvalue weighted by Crippen LogP contribution is 2.03. The smallest absolute Gasteiger partial charge is 0.317 e. The van der Waals surface area contributed by atoms with Crippen LogP contribution in [0.25, 0.3) is 0 Å². The lowest BCUT2D eigenvalue weighted by atomic mass is 10.3. The molecule has 0 atom stereocenters. The van der Waals surface area contributed by atoms with Gasteiger partial charge in [-0.15, -0.1) is 0 Å². The molecule has 0 bridgehead atoms. The third-order valence-electron chi connectivity index (χ3n) is 0.796. The van der Waals surface area contributed by atoms with E-state index in [1.807, 2.05) is 0 Å². The molecule has 1 heterocycles. The van der Waals surface area contributed by atoms with Crippen LogP contribution in [0.1, 0.15) is 6.42 Å². The maximum atomic E-state index is 10.2. The minimum Gasteiger partial charge on any atom is -0.317 e. The first-order valence-corrected chi connectivity index (χ1v) is 2.54. The Balaban J connectivity index is 2.65. The second-order valence-corrected chi connectivity index (χ2v) is 1.80. The molecule has 48 valence electrons. The van der Waals surface area contributed by atoms with E-state index in [-0.39, 0.29) is 12.1 Å². The summed E-state index contributed by atoms with van der Waals surface area (Å²) in [5, 5.41) is 2.37. The predicted octanol–water partition coefficient (Wildman–Crippen LogP) is 0.0547. The SMILES string of the molecule is O=C1CC(C(=O)Cl)=NO1. The monoisotopic (exact) mass is 147 g/mol. The van der Waals surface area contributed by atoms with Gasteiger partial charge in [-0.1, -0.05) is 5.16 Å². The minimum atomic E-state index is -0.735. The molecular weight excluding hydrogens is 146 g/mol. The van der Waals surface area contributed by atoms with Crippen molar-refractivity contribution in [1.29, 1.82) is 0 Å². The van der Waals surface area contributed by atoms with Crippen molar-refractivity contribution in [2.24, 2.45) is 5.16 Å². The summed E-state index contributed by atoms with van der Waals surface area (Å²) in [5.74, 6) is -0.543. The molecule has 0 aromatic carbocycles. The predicted molar refractivity (Wildman–Crippen MR) is 29.0 cm³/mol. The molecule has 0 spiro atoms. The average Bonchev–Trinajstić information content (AvgIpc) is 2.14. The minimum absolute atomic E-state index is 0.0262. The fraction of sp³-hybridized carbons (Fsp3) is 0.250. The van der Waals surface area contributed by atoms with E-state index in [0.29, 0.717) is 0 Å². The Hall–Kier alpha value is -0.900. The number of carbonyl (C=O) groups is 2. The largest absolute Gasteiger partial charge is 0.341 e. The Labute approximate surface area is 55.4 Å². The van der Waals surface area contributed by atoms with Gasteiger partial charge in [-0.05, 0) is 11.6 Å². The summed E-state index contributed by atoms with van der Waals surface area (Å²) in [6.07, 6.45) is -0.109. The molecule has 0 aromatic heterocycles. The first kappa shape index (κ1) is 6.22. The third kappa shape index (κ3) is 1.26. The van der Waals surface area contributed by atoms with E-state index in [1.165, 1.54) is 0 Å². The Bertz CT molecular complexity index is 198. The number of hydrogen-bond acceptors (Lipinski definition) is 4. The molecule has 0 radical (unpaired) electrons. The van der Waals surface area contributed by atoms with Gasteiger partial charge in [-0.2, -0.15) is 0 Å². The van der Waals surface area contributed by atoms with Crippen LogP contribution in [-0.4, -0.2) is 16.9 Å². The molecule has 0 N–H and O–H groups in total. The quantitative estimate of drug-likeness (QED) is 0.389. The van der Waals surface area contributed by atoms with Crippen molar-refractivity contribution in [2.75, 3.05) is 0 Å². The standard InChI is InChI=1S/C4H2ClNO3/c5-4(8)2-1-3(7)9-6-2/h1H2. The molecule has 0 amide bonds. The highest BCUT2D eigenvalue weighted by molar-refractivity contribution is 6.82. The Kier molecular flexibility index (Phi) is 1.48. The van der Waals surface area contributed by atoms with Crippen LogP contribution in [0.2, 0.25) is 0 Å². The zero-order valence-corrected chi connectivity index (χ0v) is 5.01. The molecule has 0 saturated heterocycles. The van der Waals surface area contributed by atoms with E-state index >= 15 is 0 Å². The maximum Gasteiger partial charge on any atom is 0.341 e. The molecular formula is C4H2ClNO3. The lowest BCUT2D eigenvalue weighted by Gasteiger charge is -1.78. The third-order valence-corrected chi connectivity index (χ3v) is 1.01. The molecule has 0 saturated carbocycles. The van der Waals surface area contributed by atoms with Crippen LogP contribution in [0.3, 0.4) is 0 Å². The maximum absolute atomic E-state index is 10.2. The van der Waals surface area contributed by atoms with E-state index in [1.54, 1.807) is 0 Å². The molecule has 1 rings (SSSR count). The van der Waals surface area contributed by atoms with Crippen molar-refractivity contribution in [1.82, 2.24) is 0 Å². The fourth-order valence-electron chi connectivity index (χ4n) is 0.413. The second-order valence-electron chi connectivity index (χ2n) is 1.45. The highest BCUT2D eigenvalue weighted by Gasteiger charge is 2.21. The van der Waals surface area contributed by atoms with Gasteiger partial charge in [0.2, 0.25) is 0 Å². The molecule has 1 aliphatic rings. The van der Waals surface area contributed by atoms with Crippen LogP contribution in [-0.2, 0) is 14.4 Å². The van der Waals surface area contributed by atoms with Crippen molar-refractivity contribution in [3.05, 3.63) is 0 Å². The normalized spacial score (nSPS) is 17.0. The zero-order chi connectivity index (χ0) is 6.85. The van der Waals surface area contributed by atoms with Crippen LogP contribution in [0, 0.1) is 0 Å². The van der Waals surface area contributed by atoms with Gasteiger partial charge >= 0.3 is 5.97 Å². The Morgan fingerprint density at radius 2 is 2.44 bits per heavy atom. The highest BCUT2D eigenvalue weighted by atomic mass is 35.5. The van der Waals surface area contributed by atoms with Gasteiger partial charge in [0.15, 0.2) is 5.71 Å². The van der Waals surface area contributed by atoms with Gasteiger partial charge in [-0.3, -0.25) is 4.79 Å². The molecule has 1 aliphatic heterocycles. The number of hydrogen-bond donors (Lipinski definition) is 0. The number of rotatable bonds is 1. The molecule has 0 unspecified atom stereocenters. The van der Waals surface area contributed by atoms with E-state index in [4.69, 9.17) is 11.6 Å². The number of halogens is 1. The van der Waals surface area contributed by atoms with Crippen molar-refractivity contribution in [2.45, 2.75) is 6.42 Å². The molecule has 0 aliphatic carbocycles. The van der Waals surface area contributed by atoms with Crippen molar-refractivity contribution in [3.63, 3.8) is 0 Å². The average molecular weight is 148 g/mol. The number of nitrogens with zero attached hydrogens (tertiary/aromatic N) is 1.